The van der Waals surface area contributed by atoms with Crippen LogP contribution in [-0.4, -0.2) is 6.04 Å². The van der Waals surface area contributed by atoms with Crippen LogP contribution in [0.3, 0.4) is 0 Å². The zero-order valence-electron chi connectivity index (χ0n) is 11.2. The molecule has 112 valence electrons. The summed E-state index contributed by atoms with van der Waals surface area (Å²) in [5, 5.41) is 2.51. The second kappa shape index (κ2) is 5.58. The fraction of sp³-hybridized carbons (Fsp3) is 0.571. The van der Waals surface area contributed by atoms with Crippen molar-refractivity contribution in [3.63, 3.8) is 0 Å². The van der Waals surface area contributed by atoms with E-state index in [0.29, 0.717) is 12.3 Å². The Morgan fingerprint density at radius 3 is 1.85 bits per heavy atom. The monoisotopic (exact) mass is 293 g/mol. The van der Waals surface area contributed by atoms with Crippen LogP contribution in [0.4, 0.5) is 27.6 Å². The van der Waals surface area contributed by atoms with E-state index in [4.69, 9.17) is 0 Å². The Balaban J connectivity index is 2.34. The van der Waals surface area contributed by atoms with Gasteiger partial charge in [-0.1, -0.05) is 20.3 Å². The first-order valence-electron chi connectivity index (χ1n) is 6.60. The van der Waals surface area contributed by atoms with Crippen LogP contribution < -0.4 is 5.32 Å². The van der Waals surface area contributed by atoms with Gasteiger partial charge in [0.15, 0.2) is 23.3 Å². The molecule has 20 heavy (non-hydrogen) atoms. The average Bonchev–Trinajstić information content (AvgIpc) is 2.43. The second-order valence-corrected chi connectivity index (χ2v) is 5.59. The van der Waals surface area contributed by atoms with E-state index in [-0.39, 0.29) is 12.0 Å². The SMILES string of the molecule is CC1CCC(C)C(Nc2c(F)c(F)c(F)c(F)c2F)C1. The summed E-state index contributed by atoms with van der Waals surface area (Å²) >= 11 is 0. The van der Waals surface area contributed by atoms with Crippen molar-refractivity contribution in [2.45, 2.75) is 39.2 Å². The number of hydrogen-bond acceptors (Lipinski definition) is 1. The van der Waals surface area contributed by atoms with E-state index in [9.17, 15) is 22.0 Å². The van der Waals surface area contributed by atoms with Crippen molar-refractivity contribution in [1.82, 2.24) is 0 Å². The van der Waals surface area contributed by atoms with Gasteiger partial charge in [0.25, 0.3) is 0 Å². The number of hydrogen-bond donors (Lipinski definition) is 1. The van der Waals surface area contributed by atoms with Gasteiger partial charge in [0.1, 0.15) is 5.69 Å². The minimum Gasteiger partial charge on any atom is -0.377 e. The number of rotatable bonds is 2. The van der Waals surface area contributed by atoms with Gasteiger partial charge in [0.05, 0.1) is 0 Å². The molecule has 1 aromatic carbocycles. The molecule has 3 unspecified atom stereocenters. The summed E-state index contributed by atoms with van der Waals surface area (Å²) in [4.78, 5) is 0. The maximum atomic E-state index is 13.6. The van der Waals surface area contributed by atoms with Crippen LogP contribution in [0.1, 0.15) is 33.1 Å². The van der Waals surface area contributed by atoms with Crippen LogP contribution in [0.5, 0.6) is 0 Å². The maximum Gasteiger partial charge on any atom is 0.200 e. The predicted molar refractivity (Wildman–Crippen MR) is 65.8 cm³/mol. The Morgan fingerprint density at radius 2 is 1.30 bits per heavy atom. The summed E-state index contributed by atoms with van der Waals surface area (Å²) in [6.07, 6.45) is 2.49. The molecule has 1 aliphatic rings. The van der Waals surface area contributed by atoms with Gasteiger partial charge in [0, 0.05) is 6.04 Å². The van der Waals surface area contributed by atoms with Crippen LogP contribution in [0.25, 0.3) is 0 Å². The third-order valence-corrected chi connectivity index (χ3v) is 4.00. The lowest BCUT2D eigenvalue weighted by atomic mass is 9.80. The van der Waals surface area contributed by atoms with Crippen molar-refractivity contribution >= 4 is 5.69 Å². The topological polar surface area (TPSA) is 12.0 Å². The summed E-state index contributed by atoms with van der Waals surface area (Å²) < 4.78 is 66.4. The molecule has 6 heteroatoms. The first-order chi connectivity index (χ1) is 9.32. The Hall–Kier alpha value is -1.33. The normalized spacial score (nSPS) is 26.6. The molecule has 0 radical (unpaired) electrons. The molecule has 2 rings (SSSR count). The summed E-state index contributed by atoms with van der Waals surface area (Å²) in [5.41, 5.74) is -0.924. The largest absolute Gasteiger partial charge is 0.377 e. The van der Waals surface area contributed by atoms with Crippen molar-refractivity contribution in [3.8, 4) is 0 Å². The highest BCUT2D eigenvalue weighted by Crippen LogP contribution is 2.33. The third kappa shape index (κ3) is 2.60. The van der Waals surface area contributed by atoms with E-state index in [1.807, 2.05) is 13.8 Å². The van der Waals surface area contributed by atoms with Crippen LogP contribution in [0.15, 0.2) is 0 Å². The van der Waals surface area contributed by atoms with Crippen molar-refractivity contribution in [2.24, 2.45) is 11.8 Å². The third-order valence-electron chi connectivity index (χ3n) is 4.00. The summed E-state index contributed by atoms with van der Waals surface area (Å²) in [5.74, 6) is -9.09. The molecule has 1 fully saturated rings. The zero-order valence-corrected chi connectivity index (χ0v) is 11.2. The van der Waals surface area contributed by atoms with Gasteiger partial charge in [0.2, 0.25) is 5.82 Å². The quantitative estimate of drug-likeness (QED) is 0.476. The van der Waals surface area contributed by atoms with Gasteiger partial charge < -0.3 is 5.32 Å². The second-order valence-electron chi connectivity index (χ2n) is 5.59. The standard InChI is InChI=1S/C14H16F5N/c1-6-3-4-7(2)8(5-6)20-14-12(18)10(16)9(15)11(17)13(14)19/h6-8,20H,3-5H2,1-2H3. The Labute approximate surface area is 114 Å². The first kappa shape index (κ1) is 15.1. The molecule has 1 N–H and O–H groups in total. The fourth-order valence-corrected chi connectivity index (χ4v) is 2.65. The molecule has 0 saturated heterocycles. The van der Waals surface area contributed by atoms with Crippen LogP contribution in [0, 0.1) is 40.9 Å². The number of nitrogens with one attached hydrogen (secondary N) is 1. The van der Waals surface area contributed by atoms with Gasteiger partial charge in [-0.05, 0) is 24.7 Å². The Kier molecular flexibility index (Phi) is 4.20. The van der Waals surface area contributed by atoms with Crippen molar-refractivity contribution in [3.05, 3.63) is 29.1 Å². The zero-order chi connectivity index (χ0) is 15.0. The minimum atomic E-state index is -2.13. The van der Waals surface area contributed by atoms with Crippen LogP contribution in [0.2, 0.25) is 0 Å². The van der Waals surface area contributed by atoms with E-state index in [1.165, 1.54) is 0 Å². The molecule has 1 nitrogen and oxygen atoms in total. The Bertz CT molecular complexity index is 488. The van der Waals surface area contributed by atoms with Crippen molar-refractivity contribution < 1.29 is 22.0 Å². The highest BCUT2D eigenvalue weighted by Gasteiger charge is 2.30. The van der Waals surface area contributed by atoms with Crippen LogP contribution >= 0.6 is 0 Å². The smallest absolute Gasteiger partial charge is 0.200 e. The van der Waals surface area contributed by atoms with Crippen LogP contribution in [-0.2, 0) is 0 Å². The summed E-state index contributed by atoms with van der Waals surface area (Å²) in [6, 6.07) is -0.299. The summed E-state index contributed by atoms with van der Waals surface area (Å²) in [7, 11) is 0. The molecular formula is C14H16F5N. The van der Waals surface area contributed by atoms with E-state index in [1.54, 1.807) is 0 Å². The predicted octanol–water partition coefficient (Wildman–Crippen LogP) is 4.62. The first-order valence-corrected chi connectivity index (χ1v) is 6.60. The lowest BCUT2D eigenvalue weighted by molar-refractivity contribution is 0.278. The highest BCUT2D eigenvalue weighted by atomic mass is 19.2. The fourth-order valence-electron chi connectivity index (χ4n) is 2.65. The maximum absolute atomic E-state index is 13.6. The highest BCUT2D eigenvalue weighted by molar-refractivity contribution is 5.48. The van der Waals surface area contributed by atoms with Gasteiger partial charge in [-0.15, -0.1) is 0 Å². The van der Waals surface area contributed by atoms with E-state index in [0.717, 1.165) is 12.8 Å². The molecule has 0 aromatic heterocycles. The minimum absolute atomic E-state index is 0.112. The molecule has 1 aromatic rings. The van der Waals surface area contributed by atoms with Gasteiger partial charge >= 0.3 is 0 Å². The molecular weight excluding hydrogens is 277 g/mol. The molecule has 1 aliphatic carbocycles. The molecule has 0 aliphatic heterocycles. The lowest BCUT2D eigenvalue weighted by Gasteiger charge is -2.34. The number of halogens is 5. The molecule has 0 spiro atoms. The lowest BCUT2D eigenvalue weighted by Crippen LogP contribution is -2.34. The van der Waals surface area contributed by atoms with Crippen molar-refractivity contribution in [2.75, 3.05) is 5.32 Å². The van der Waals surface area contributed by atoms with Gasteiger partial charge in [-0.3, -0.25) is 0 Å². The molecule has 0 heterocycles. The summed E-state index contributed by atoms with van der Waals surface area (Å²) in [6.45, 7) is 3.90. The molecule has 0 bridgehead atoms. The van der Waals surface area contributed by atoms with Gasteiger partial charge in [-0.25, -0.2) is 22.0 Å². The van der Waals surface area contributed by atoms with E-state index < -0.39 is 34.8 Å². The number of benzene rings is 1. The molecule has 0 amide bonds. The molecule has 1 saturated carbocycles. The number of anilines is 1. The van der Waals surface area contributed by atoms with Gasteiger partial charge in [-0.2, -0.15) is 0 Å². The average molecular weight is 293 g/mol. The van der Waals surface area contributed by atoms with E-state index in [2.05, 4.69) is 5.32 Å². The molecule has 3 atom stereocenters. The van der Waals surface area contributed by atoms with E-state index >= 15 is 0 Å². The Morgan fingerprint density at radius 1 is 0.800 bits per heavy atom. The van der Waals surface area contributed by atoms with Crippen molar-refractivity contribution in [1.29, 1.82) is 0 Å².